The van der Waals surface area contributed by atoms with Crippen molar-refractivity contribution >= 4 is 16.9 Å². The molecule has 1 fully saturated rings. The van der Waals surface area contributed by atoms with Crippen molar-refractivity contribution in [1.29, 1.82) is 0 Å². The molecule has 1 N–H and O–H groups in total. The molecule has 7 heteroatoms. The summed E-state index contributed by atoms with van der Waals surface area (Å²) in [7, 11) is 0. The van der Waals surface area contributed by atoms with Crippen LogP contribution < -0.4 is 0 Å². The van der Waals surface area contributed by atoms with Crippen molar-refractivity contribution in [3.8, 4) is 5.69 Å². The molecule has 0 saturated carbocycles. The van der Waals surface area contributed by atoms with E-state index in [1.807, 2.05) is 59.5 Å². The van der Waals surface area contributed by atoms with E-state index in [0.717, 1.165) is 35.4 Å². The number of fused-ring (bicyclic) bond motifs is 1. The molecule has 0 aliphatic carbocycles. The van der Waals surface area contributed by atoms with E-state index in [1.54, 1.807) is 6.20 Å². The normalized spacial score (nSPS) is 15.2. The van der Waals surface area contributed by atoms with Crippen molar-refractivity contribution in [3.05, 3.63) is 72.3 Å². The summed E-state index contributed by atoms with van der Waals surface area (Å²) in [4.78, 5) is 24.3. The smallest absolute Gasteiger partial charge is 0.276 e. The van der Waals surface area contributed by atoms with Crippen molar-refractivity contribution in [1.82, 2.24) is 29.9 Å². The number of aromatic amines is 1. The summed E-state index contributed by atoms with van der Waals surface area (Å²) in [6, 6.07) is 17.7. The van der Waals surface area contributed by atoms with Crippen molar-refractivity contribution < 1.29 is 4.79 Å². The van der Waals surface area contributed by atoms with Gasteiger partial charge in [-0.05, 0) is 37.1 Å². The second kappa shape index (κ2) is 6.92. The van der Waals surface area contributed by atoms with Crippen LogP contribution in [-0.4, -0.2) is 48.9 Å². The first-order chi connectivity index (χ1) is 13.8. The van der Waals surface area contributed by atoms with Crippen LogP contribution in [0.25, 0.3) is 16.7 Å². The fraction of sp³-hybridized carbons (Fsp3) is 0.238. The number of imidazole rings is 1. The fourth-order valence-electron chi connectivity index (χ4n) is 3.73. The lowest BCUT2D eigenvalue weighted by Crippen LogP contribution is -2.38. The Morgan fingerprint density at radius 2 is 1.75 bits per heavy atom. The summed E-state index contributed by atoms with van der Waals surface area (Å²) >= 11 is 0. The Kier molecular flexibility index (Phi) is 4.12. The van der Waals surface area contributed by atoms with Crippen molar-refractivity contribution in [3.63, 3.8) is 0 Å². The number of nitrogens with zero attached hydrogens (tertiary/aromatic N) is 5. The highest BCUT2D eigenvalue weighted by Gasteiger charge is 2.27. The number of amides is 1. The molecule has 1 aliphatic rings. The average molecular weight is 372 g/mol. The molecule has 7 nitrogen and oxygen atoms in total. The summed E-state index contributed by atoms with van der Waals surface area (Å²) in [5.41, 5.74) is 3.28. The number of aromatic nitrogens is 5. The van der Waals surface area contributed by atoms with Gasteiger partial charge < -0.3 is 9.88 Å². The predicted octanol–water partition coefficient (Wildman–Crippen LogP) is 3.16. The predicted molar refractivity (Wildman–Crippen MR) is 105 cm³/mol. The van der Waals surface area contributed by atoms with E-state index in [9.17, 15) is 4.79 Å². The van der Waals surface area contributed by atoms with Crippen LogP contribution in [0.2, 0.25) is 0 Å². The van der Waals surface area contributed by atoms with Crippen LogP contribution in [0.5, 0.6) is 0 Å². The van der Waals surface area contributed by atoms with Crippen LogP contribution in [0.15, 0.2) is 60.8 Å². The SMILES string of the molecule is O=C(c1cnn(-c2ccccc2)n1)N1CCC(c2nc3ccccc3[nH]2)CC1. The summed E-state index contributed by atoms with van der Waals surface area (Å²) < 4.78 is 0. The minimum Gasteiger partial charge on any atom is -0.342 e. The highest BCUT2D eigenvalue weighted by atomic mass is 16.2. The number of piperidine rings is 1. The van der Waals surface area contributed by atoms with Gasteiger partial charge in [-0.1, -0.05) is 30.3 Å². The maximum Gasteiger partial charge on any atom is 0.276 e. The molecule has 2 aromatic heterocycles. The molecule has 0 radical (unpaired) electrons. The topological polar surface area (TPSA) is 79.7 Å². The lowest BCUT2D eigenvalue weighted by molar-refractivity contribution is 0.0705. The van der Waals surface area contributed by atoms with Gasteiger partial charge in [-0.3, -0.25) is 4.79 Å². The third kappa shape index (κ3) is 3.05. The first kappa shape index (κ1) is 16.7. The Hall–Kier alpha value is -3.48. The van der Waals surface area contributed by atoms with Gasteiger partial charge in [0.15, 0.2) is 5.69 Å². The zero-order valence-corrected chi connectivity index (χ0v) is 15.3. The second-order valence-corrected chi connectivity index (χ2v) is 7.06. The summed E-state index contributed by atoms with van der Waals surface area (Å²) in [5.74, 6) is 1.30. The summed E-state index contributed by atoms with van der Waals surface area (Å²) in [6.45, 7) is 1.39. The molecule has 1 amide bonds. The standard InChI is InChI=1S/C21H20N6O/c28-21(19-14-22-27(25-19)16-6-2-1-3-7-16)26-12-10-15(11-13-26)20-23-17-8-4-5-9-18(17)24-20/h1-9,14-15H,10-13H2,(H,23,24). The molecule has 5 rings (SSSR count). The van der Waals surface area contributed by atoms with Crippen molar-refractivity contribution in [2.24, 2.45) is 0 Å². The minimum absolute atomic E-state index is 0.0646. The molecular formula is C21H20N6O. The summed E-state index contributed by atoms with van der Waals surface area (Å²) in [6.07, 6.45) is 3.32. The maximum atomic E-state index is 12.8. The number of carbonyl (C=O) groups is 1. The molecule has 3 heterocycles. The highest BCUT2D eigenvalue weighted by molar-refractivity contribution is 5.92. The molecule has 28 heavy (non-hydrogen) atoms. The number of nitrogens with one attached hydrogen (secondary N) is 1. The Labute approximate surface area is 162 Å². The molecule has 0 spiro atoms. The van der Waals surface area contributed by atoms with E-state index in [0.29, 0.717) is 24.7 Å². The first-order valence-corrected chi connectivity index (χ1v) is 9.49. The molecule has 0 unspecified atom stereocenters. The number of para-hydroxylation sites is 3. The van der Waals surface area contributed by atoms with Gasteiger partial charge >= 0.3 is 0 Å². The number of rotatable bonds is 3. The monoisotopic (exact) mass is 372 g/mol. The van der Waals surface area contributed by atoms with E-state index < -0.39 is 0 Å². The van der Waals surface area contributed by atoms with Gasteiger partial charge in [0.1, 0.15) is 5.82 Å². The van der Waals surface area contributed by atoms with Gasteiger partial charge in [0.05, 0.1) is 22.9 Å². The van der Waals surface area contributed by atoms with E-state index in [4.69, 9.17) is 4.98 Å². The van der Waals surface area contributed by atoms with Gasteiger partial charge in [-0.15, -0.1) is 5.10 Å². The summed E-state index contributed by atoms with van der Waals surface area (Å²) in [5, 5.41) is 8.59. The molecule has 1 aliphatic heterocycles. The molecule has 0 bridgehead atoms. The van der Waals surface area contributed by atoms with Crippen LogP contribution in [0.4, 0.5) is 0 Å². The Morgan fingerprint density at radius 3 is 2.54 bits per heavy atom. The third-order valence-corrected chi connectivity index (χ3v) is 5.27. The molecule has 2 aromatic carbocycles. The third-order valence-electron chi connectivity index (χ3n) is 5.27. The Balaban J connectivity index is 1.26. The average Bonchev–Trinajstić information content (AvgIpc) is 3.41. The van der Waals surface area contributed by atoms with Gasteiger partial charge in [0.25, 0.3) is 5.91 Å². The number of hydrogen-bond acceptors (Lipinski definition) is 4. The van der Waals surface area contributed by atoms with Crippen LogP contribution in [0.3, 0.4) is 0 Å². The van der Waals surface area contributed by atoms with E-state index >= 15 is 0 Å². The lowest BCUT2D eigenvalue weighted by atomic mass is 9.96. The van der Waals surface area contributed by atoms with Crippen LogP contribution in [-0.2, 0) is 0 Å². The number of carbonyl (C=O) groups excluding carboxylic acids is 1. The molecular weight excluding hydrogens is 352 g/mol. The van der Waals surface area contributed by atoms with Crippen LogP contribution in [0.1, 0.15) is 35.1 Å². The largest absolute Gasteiger partial charge is 0.342 e. The van der Waals surface area contributed by atoms with Gasteiger partial charge in [0.2, 0.25) is 0 Å². The van der Waals surface area contributed by atoms with E-state index in [-0.39, 0.29) is 5.91 Å². The Bertz CT molecular complexity index is 1080. The molecule has 140 valence electrons. The number of benzene rings is 2. The zero-order valence-electron chi connectivity index (χ0n) is 15.3. The van der Waals surface area contributed by atoms with Crippen molar-refractivity contribution in [2.75, 3.05) is 13.1 Å². The second-order valence-electron chi connectivity index (χ2n) is 7.06. The Morgan fingerprint density at radius 1 is 1.00 bits per heavy atom. The van der Waals surface area contributed by atoms with Crippen LogP contribution in [0, 0.1) is 0 Å². The van der Waals surface area contributed by atoms with Gasteiger partial charge in [0, 0.05) is 19.0 Å². The maximum absolute atomic E-state index is 12.8. The highest BCUT2D eigenvalue weighted by Crippen LogP contribution is 2.28. The van der Waals surface area contributed by atoms with E-state index in [1.165, 1.54) is 4.80 Å². The fourth-order valence-corrected chi connectivity index (χ4v) is 3.73. The lowest BCUT2D eigenvalue weighted by Gasteiger charge is -2.30. The molecule has 1 saturated heterocycles. The van der Waals surface area contributed by atoms with Crippen molar-refractivity contribution in [2.45, 2.75) is 18.8 Å². The number of H-pyrrole nitrogens is 1. The van der Waals surface area contributed by atoms with Gasteiger partial charge in [-0.2, -0.15) is 9.90 Å². The zero-order chi connectivity index (χ0) is 18.9. The molecule has 0 atom stereocenters. The quantitative estimate of drug-likeness (QED) is 0.599. The van der Waals surface area contributed by atoms with Crippen LogP contribution >= 0.6 is 0 Å². The first-order valence-electron chi connectivity index (χ1n) is 9.49. The van der Waals surface area contributed by atoms with E-state index in [2.05, 4.69) is 15.2 Å². The number of hydrogen-bond donors (Lipinski definition) is 1. The van der Waals surface area contributed by atoms with Gasteiger partial charge in [-0.25, -0.2) is 4.98 Å². The number of likely N-dealkylation sites (tertiary alicyclic amines) is 1. The molecule has 4 aromatic rings. The minimum atomic E-state index is -0.0646.